The second-order valence-electron chi connectivity index (χ2n) is 5.23. The van der Waals surface area contributed by atoms with Crippen LogP contribution in [0.2, 0.25) is 0 Å². The molecule has 0 heterocycles. The highest BCUT2D eigenvalue weighted by atomic mass is 32.2. The highest BCUT2D eigenvalue weighted by Gasteiger charge is 2.15. The molecule has 2 rings (SSSR count). The van der Waals surface area contributed by atoms with Crippen LogP contribution in [0.1, 0.15) is 31.1 Å². The molecular formula is C17H16N4O5S. The number of nitrogens with two attached hydrogens (primary N) is 2. The third-order valence-corrected chi connectivity index (χ3v) is 4.46. The third kappa shape index (κ3) is 5.06. The summed E-state index contributed by atoms with van der Waals surface area (Å²) in [5, 5.41) is 22.6. The molecule has 10 heteroatoms. The monoisotopic (exact) mass is 388 g/mol. The fraction of sp³-hybridized carbons (Fsp3) is 0.0588. The third-order valence-electron chi connectivity index (χ3n) is 3.50. The van der Waals surface area contributed by atoms with Crippen molar-refractivity contribution in [3.8, 4) is 0 Å². The molecular weight excluding hydrogens is 372 g/mol. The first-order valence-corrected chi connectivity index (χ1v) is 8.47. The fourth-order valence-electron chi connectivity index (χ4n) is 2.06. The Hall–Kier alpha value is -3.37. The minimum Gasteiger partial charge on any atom is -0.478 e. The van der Waals surface area contributed by atoms with Crippen molar-refractivity contribution in [2.24, 2.45) is 16.8 Å². The molecule has 0 atom stereocenters. The first-order chi connectivity index (χ1) is 12.8. The van der Waals surface area contributed by atoms with E-state index in [2.05, 4.69) is 5.10 Å². The van der Waals surface area contributed by atoms with Gasteiger partial charge in [0.2, 0.25) is 5.17 Å². The molecule has 0 saturated carbocycles. The number of hydrogen-bond acceptors (Lipinski definition) is 7. The second kappa shape index (κ2) is 8.83. The molecule has 2 aromatic rings. The number of carboxylic acids is 2. The van der Waals surface area contributed by atoms with Crippen molar-refractivity contribution in [3.05, 3.63) is 65.2 Å². The zero-order valence-corrected chi connectivity index (χ0v) is 14.7. The number of nitrogens with zero attached hydrogens (tertiary/aromatic N) is 2. The number of thioether (sulfide) groups is 1. The lowest BCUT2D eigenvalue weighted by Crippen LogP contribution is -2.37. The molecule has 6 N–H and O–H groups in total. The number of hydrazine groups is 1. The normalized spacial score (nSPS) is 11.1. The summed E-state index contributed by atoms with van der Waals surface area (Å²) in [7, 11) is 0. The van der Waals surface area contributed by atoms with Gasteiger partial charge in [-0.3, -0.25) is 9.80 Å². The quantitative estimate of drug-likeness (QED) is 0.189. The van der Waals surface area contributed by atoms with Crippen molar-refractivity contribution in [2.45, 2.75) is 0 Å². The van der Waals surface area contributed by atoms with Crippen LogP contribution >= 0.6 is 11.8 Å². The average molecular weight is 388 g/mol. The number of carboxylic acid groups (broad SMARTS) is 2. The van der Waals surface area contributed by atoms with E-state index in [9.17, 15) is 14.4 Å². The Balaban J connectivity index is 2.02. The molecule has 0 fully saturated rings. The number of ketones is 1. The van der Waals surface area contributed by atoms with Gasteiger partial charge in [0.15, 0.2) is 5.78 Å². The van der Waals surface area contributed by atoms with E-state index in [1.165, 1.54) is 48.5 Å². The van der Waals surface area contributed by atoms with E-state index in [0.29, 0.717) is 11.3 Å². The highest BCUT2D eigenvalue weighted by Crippen LogP contribution is 2.18. The number of amidine groups is 1. The molecule has 9 nitrogen and oxygen atoms in total. The maximum absolute atomic E-state index is 12.2. The summed E-state index contributed by atoms with van der Waals surface area (Å²) >= 11 is 0.992. The van der Waals surface area contributed by atoms with Gasteiger partial charge in [-0.15, -0.1) is 0 Å². The molecule has 2 aromatic carbocycles. The van der Waals surface area contributed by atoms with Crippen LogP contribution in [0.4, 0.5) is 5.69 Å². The van der Waals surface area contributed by atoms with E-state index in [4.69, 9.17) is 21.9 Å². The molecule has 0 saturated heterocycles. The second-order valence-corrected chi connectivity index (χ2v) is 6.17. The van der Waals surface area contributed by atoms with E-state index < -0.39 is 11.9 Å². The van der Waals surface area contributed by atoms with Crippen LogP contribution in [-0.2, 0) is 0 Å². The number of carbonyl (C=O) groups is 3. The lowest BCUT2D eigenvalue weighted by molar-refractivity contribution is 0.0686. The Morgan fingerprint density at radius 2 is 1.33 bits per heavy atom. The lowest BCUT2D eigenvalue weighted by atomic mass is 10.1. The smallest absolute Gasteiger partial charge is 0.335 e. The van der Waals surface area contributed by atoms with Gasteiger partial charge in [0.25, 0.3) is 0 Å². The van der Waals surface area contributed by atoms with Crippen LogP contribution in [-0.4, -0.2) is 38.9 Å². The van der Waals surface area contributed by atoms with Gasteiger partial charge >= 0.3 is 11.9 Å². The number of hydrazone groups is 1. The zero-order chi connectivity index (χ0) is 20.0. The van der Waals surface area contributed by atoms with E-state index >= 15 is 0 Å². The Morgan fingerprint density at radius 1 is 0.889 bits per heavy atom. The summed E-state index contributed by atoms with van der Waals surface area (Å²) in [5.41, 5.74) is 0.973. The summed E-state index contributed by atoms with van der Waals surface area (Å²) in [4.78, 5) is 33.9. The van der Waals surface area contributed by atoms with Gasteiger partial charge < -0.3 is 16.1 Å². The SMILES string of the molecule is N/N=C(/SCC(=O)c1ccc(C(=O)O)cc1)N(N)c1ccc(C(=O)O)cc1. The van der Waals surface area contributed by atoms with Crippen molar-refractivity contribution < 1.29 is 24.6 Å². The van der Waals surface area contributed by atoms with Crippen LogP contribution in [0, 0.1) is 0 Å². The van der Waals surface area contributed by atoms with Gasteiger partial charge in [0, 0.05) is 5.56 Å². The van der Waals surface area contributed by atoms with Crippen LogP contribution in [0.25, 0.3) is 0 Å². The van der Waals surface area contributed by atoms with Crippen LogP contribution in [0.5, 0.6) is 0 Å². The van der Waals surface area contributed by atoms with Crippen LogP contribution < -0.4 is 16.7 Å². The topological polar surface area (TPSA) is 159 Å². The number of carbonyl (C=O) groups excluding carboxylic acids is 1. The minimum atomic E-state index is -1.08. The maximum atomic E-state index is 12.2. The van der Waals surface area contributed by atoms with Crippen molar-refractivity contribution in [1.82, 2.24) is 0 Å². The van der Waals surface area contributed by atoms with E-state index in [-0.39, 0.29) is 27.8 Å². The Kier molecular flexibility index (Phi) is 6.52. The summed E-state index contributed by atoms with van der Waals surface area (Å²) in [5.74, 6) is 8.85. The van der Waals surface area contributed by atoms with Crippen molar-refractivity contribution in [2.75, 3.05) is 10.8 Å². The molecule has 0 bridgehead atoms. The number of anilines is 1. The molecule has 0 amide bonds. The average Bonchev–Trinajstić information content (AvgIpc) is 2.68. The molecule has 0 unspecified atom stereocenters. The standard InChI is InChI=1S/C17H16N4O5S/c18-20-17(21(19)13-7-5-12(6-8-13)16(25)26)27-9-14(22)10-1-3-11(4-2-10)15(23)24/h1-8H,9,18-19H2,(H,23,24)(H,25,26)/b20-17+. The summed E-state index contributed by atoms with van der Waals surface area (Å²) in [6.45, 7) is 0. The molecule has 0 aliphatic heterocycles. The number of aromatic carboxylic acids is 2. The summed E-state index contributed by atoms with van der Waals surface area (Å²) in [6, 6.07) is 11.3. The van der Waals surface area contributed by atoms with Crippen LogP contribution in [0.3, 0.4) is 0 Å². The van der Waals surface area contributed by atoms with Crippen molar-refractivity contribution >= 4 is 40.3 Å². The molecule has 0 aliphatic carbocycles. The number of hydrogen-bond donors (Lipinski definition) is 4. The maximum Gasteiger partial charge on any atom is 0.335 e. The number of rotatable bonds is 6. The van der Waals surface area contributed by atoms with Crippen molar-refractivity contribution in [3.63, 3.8) is 0 Å². The Bertz CT molecular complexity index is 881. The zero-order valence-electron chi connectivity index (χ0n) is 13.9. The molecule has 27 heavy (non-hydrogen) atoms. The van der Waals surface area contributed by atoms with E-state index in [1.807, 2.05) is 0 Å². The van der Waals surface area contributed by atoms with Gasteiger partial charge in [-0.2, -0.15) is 5.10 Å². The predicted octanol–water partition coefficient (Wildman–Crippen LogP) is 1.61. The summed E-state index contributed by atoms with van der Waals surface area (Å²) in [6.07, 6.45) is 0. The molecule has 0 radical (unpaired) electrons. The molecule has 0 aromatic heterocycles. The van der Waals surface area contributed by atoms with Gasteiger partial charge in [0.1, 0.15) is 0 Å². The first-order valence-electron chi connectivity index (χ1n) is 7.49. The molecule has 0 aliphatic rings. The largest absolute Gasteiger partial charge is 0.478 e. The number of benzene rings is 2. The van der Waals surface area contributed by atoms with Gasteiger partial charge in [0.05, 0.1) is 22.6 Å². The Labute approximate surface area is 158 Å². The summed E-state index contributed by atoms with van der Waals surface area (Å²) < 4.78 is 0. The highest BCUT2D eigenvalue weighted by molar-refractivity contribution is 8.14. The lowest BCUT2D eigenvalue weighted by Gasteiger charge is -2.19. The molecule has 0 spiro atoms. The van der Waals surface area contributed by atoms with Gasteiger partial charge in [-0.1, -0.05) is 23.9 Å². The van der Waals surface area contributed by atoms with E-state index in [0.717, 1.165) is 16.8 Å². The minimum absolute atomic E-state index is 0.0244. The molecule has 140 valence electrons. The van der Waals surface area contributed by atoms with E-state index in [1.54, 1.807) is 0 Å². The van der Waals surface area contributed by atoms with Gasteiger partial charge in [-0.05, 0) is 36.4 Å². The van der Waals surface area contributed by atoms with Crippen LogP contribution in [0.15, 0.2) is 53.6 Å². The predicted molar refractivity (Wildman–Crippen MR) is 102 cm³/mol. The van der Waals surface area contributed by atoms with Gasteiger partial charge in [-0.25, -0.2) is 15.4 Å². The Morgan fingerprint density at radius 3 is 1.78 bits per heavy atom. The first kappa shape index (κ1) is 19.9. The fourth-order valence-corrected chi connectivity index (χ4v) is 2.80. The van der Waals surface area contributed by atoms with Crippen molar-refractivity contribution in [1.29, 1.82) is 0 Å². The number of Topliss-reactive ketones (excluding diaryl/α,β-unsaturated/α-hetero) is 1.